The number of benzene rings is 2. The van der Waals surface area contributed by atoms with E-state index >= 15 is 0 Å². The standard InChI is InChI=1S/C19H15N5O4S/c1-11-3-5-13(6-4-11)18-22-23-19(28-18)29-12(2)16-20-21-17(27-16)14-7-9-15(10-8-14)24(25)26/h3-10,12H,1-2H3. The fourth-order valence-electron chi connectivity index (χ4n) is 2.51. The fraction of sp³-hybridized carbons (Fsp3) is 0.158. The average molecular weight is 409 g/mol. The largest absolute Gasteiger partial charge is 0.419 e. The van der Waals surface area contributed by atoms with Gasteiger partial charge in [-0.15, -0.1) is 20.4 Å². The molecule has 4 aromatic rings. The van der Waals surface area contributed by atoms with E-state index in [4.69, 9.17) is 8.83 Å². The van der Waals surface area contributed by atoms with Crippen LogP contribution in [0.15, 0.2) is 62.6 Å². The highest BCUT2D eigenvalue weighted by molar-refractivity contribution is 7.99. The van der Waals surface area contributed by atoms with Crippen molar-refractivity contribution in [1.82, 2.24) is 20.4 Å². The zero-order chi connectivity index (χ0) is 20.4. The molecule has 1 unspecified atom stereocenters. The summed E-state index contributed by atoms with van der Waals surface area (Å²) in [6.45, 7) is 3.89. The van der Waals surface area contributed by atoms with Gasteiger partial charge in [-0.3, -0.25) is 10.1 Å². The summed E-state index contributed by atoms with van der Waals surface area (Å²) in [5.74, 6) is 1.11. The SMILES string of the molecule is Cc1ccc(-c2nnc(SC(C)c3nnc(-c4ccc([N+](=O)[O-])cc4)o3)o2)cc1. The second-order valence-corrected chi connectivity index (χ2v) is 7.54. The molecule has 0 bridgehead atoms. The molecule has 2 heterocycles. The molecule has 0 aliphatic rings. The highest BCUT2D eigenvalue weighted by Crippen LogP contribution is 2.35. The van der Waals surface area contributed by atoms with E-state index in [1.807, 2.05) is 38.1 Å². The second kappa shape index (κ2) is 7.84. The number of aryl methyl sites for hydroxylation is 1. The molecule has 0 saturated heterocycles. The molecule has 2 aromatic carbocycles. The van der Waals surface area contributed by atoms with Gasteiger partial charge in [0.15, 0.2) is 0 Å². The molecule has 0 fully saturated rings. The minimum absolute atomic E-state index is 0.00168. The summed E-state index contributed by atoms with van der Waals surface area (Å²) in [5, 5.41) is 27.1. The minimum atomic E-state index is -0.461. The summed E-state index contributed by atoms with van der Waals surface area (Å²) in [4.78, 5) is 10.3. The lowest BCUT2D eigenvalue weighted by Crippen LogP contribution is -1.88. The quantitative estimate of drug-likeness (QED) is 0.250. The molecule has 0 amide bonds. The van der Waals surface area contributed by atoms with Crippen LogP contribution in [0.1, 0.15) is 23.6 Å². The number of rotatable bonds is 6. The van der Waals surface area contributed by atoms with E-state index < -0.39 is 4.92 Å². The fourth-order valence-corrected chi connectivity index (χ4v) is 3.23. The molecule has 146 valence electrons. The van der Waals surface area contributed by atoms with Gasteiger partial charge in [-0.25, -0.2) is 0 Å². The molecule has 0 spiro atoms. The van der Waals surface area contributed by atoms with Gasteiger partial charge in [0.25, 0.3) is 10.9 Å². The molecular weight excluding hydrogens is 394 g/mol. The Bertz CT molecular complexity index is 1140. The van der Waals surface area contributed by atoms with Gasteiger partial charge in [0, 0.05) is 23.3 Å². The molecule has 1 atom stereocenters. The molecule has 9 nitrogen and oxygen atoms in total. The normalized spacial score (nSPS) is 12.1. The Morgan fingerprint density at radius 1 is 0.897 bits per heavy atom. The van der Waals surface area contributed by atoms with Crippen molar-refractivity contribution in [2.24, 2.45) is 0 Å². The Hall–Kier alpha value is -3.53. The maximum Gasteiger partial charge on any atom is 0.277 e. The summed E-state index contributed by atoms with van der Waals surface area (Å²) in [6.07, 6.45) is 0. The Kier molecular flexibility index (Phi) is 5.09. The number of nitro benzene ring substituents is 1. The van der Waals surface area contributed by atoms with Crippen LogP contribution in [-0.4, -0.2) is 25.3 Å². The van der Waals surface area contributed by atoms with Gasteiger partial charge >= 0.3 is 0 Å². The van der Waals surface area contributed by atoms with Gasteiger partial charge < -0.3 is 8.83 Å². The molecule has 0 aliphatic heterocycles. The van der Waals surface area contributed by atoms with Crippen molar-refractivity contribution in [2.75, 3.05) is 0 Å². The molecular formula is C19H15N5O4S. The maximum atomic E-state index is 10.8. The second-order valence-electron chi connectivity index (χ2n) is 6.25. The highest BCUT2D eigenvalue weighted by Gasteiger charge is 2.20. The van der Waals surface area contributed by atoms with Crippen molar-refractivity contribution >= 4 is 17.4 Å². The van der Waals surface area contributed by atoms with Crippen LogP contribution in [0.5, 0.6) is 0 Å². The van der Waals surface area contributed by atoms with Crippen molar-refractivity contribution in [3.05, 3.63) is 70.1 Å². The molecule has 0 saturated carbocycles. The number of thioether (sulfide) groups is 1. The Morgan fingerprint density at radius 3 is 2.14 bits per heavy atom. The van der Waals surface area contributed by atoms with Gasteiger partial charge in [0.1, 0.15) is 0 Å². The van der Waals surface area contributed by atoms with Gasteiger partial charge in [-0.05, 0) is 38.1 Å². The third kappa shape index (κ3) is 4.16. The van der Waals surface area contributed by atoms with Crippen molar-refractivity contribution < 1.29 is 13.8 Å². The van der Waals surface area contributed by atoms with E-state index in [1.54, 1.807) is 12.1 Å². The summed E-state index contributed by atoms with van der Waals surface area (Å²) >= 11 is 1.30. The summed E-state index contributed by atoms with van der Waals surface area (Å²) in [6, 6.07) is 13.7. The summed E-state index contributed by atoms with van der Waals surface area (Å²) in [7, 11) is 0. The van der Waals surface area contributed by atoms with Crippen LogP contribution < -0.4 is 0 Å². The third-order valence-electron chi connectivity index (χ3n) is 4.10. The van der Waals surface area contributed by atoms with Crippen molar-refractivity contribution in [2.45, 2.75) is 24.3 Å². The number of non-ortho nitro benzene ring substituents is 1. The molecule has 0 aliphatic carbocycles. The number of hydrogen-bond acceptors (Lipinski definition) is 9. The predicted octanol–water partition coefficient (Wildman–Crippen LogP) is 4.86. The van der Waals surface area contributed by atoms with Crippen molar-refractivity contribution in [3.8, 4) is 22.9 Å². The van der Waals surface area contributed by atoms with Gasteiger partial charge in [0.05, 0.1) is 10.2 Å². The van der Waals surface area contributed by atoms with E-state index in [1.165, 1.54) is 23.9 Å². The van der Waals surface area contributed by atoms with E-state index in [0.29, 0.717) is 22.6 Å². The van der Waals surface area contributed by atoms with Crippen LogP contribution in [0.4, 0.5) is 5.69 Å². The summed E-state index contributed by atoms with van der Waals surface area (Å²) in [5.41, 5.74) is 2.60. The maximum absolute atomic E-state index is 10.8. The van der Waals surface area contributed by atoms with Gasteiger partial charge in [-0.2, -0.15) is 0 Å². The van der Waals surface area contributed by atoms with Crippen LogP contribution in [0, 0.1) is 17.0 Å². The molecule has 2 aromatic heterocycles. The van der Waals surface area contributed by atoms with Gasteiger partial charge in [0.2, 0.25) is 17.7 Å². The lowest BCUT2D eigenvalue weighted by Gasteiger charge is -2.01. The van der Waals surface area contributed by atoms with Gasteiger partial charge in [-0.1, -0.05) is 29.5 Å². The van der Waals surface area contributed by atoms with E-state index in [0.717, 1.165) is 11.1 Å². The summed E-state index contributed by atoms with van der Waals surface area (Å²) < 4.78 is 11.4. The lowest BCUT2D eigenvalue weighted by molar-refractivity contribution is -0.384. The first-order chi connectivity index (χ1) is 14.0. The molecule has 10 heteroatoms. The van der Waals surface area contributed by atoms with Crippen LogP contribution in [-0.2, 0) is 0 Å². The zero-order valence-electron chi connectivity index (χ0n) is 15.5. The van der Waals surface area contributed by atoms with Crippen molar-refractivity contribution in [1.29, 1.82) is 0 Å². The lowest BCUT2D eigenvalue weighted by atomic mass is 10.1. The highest BCUT2D eigenvalue weighted by atomic mass is 32.2. The molecule has 4 rings (SSSR count). The first-order valence-corrected chi connectivity index (χ1v) is 9.53. The van der Waals surface area contributed by atoms with Crippen LogP contribution >= 0.6 is 11.8 Å². The molecule has 0 N–H and O–H groups in total. The number of aromatic nitrogens is 4. The Labute approximate surface area is 169 Å². The molecule has 29 heavy (non-hydrogen) atoms. The van der Waals surface area contributed by atoms with Crippen LogP contribution in [0.2, 0.25) is 0 Å². The first kappa shape index (κ1) is 18.8. The number of nitro groups is 1. The first-order valence-electron chi connectivity index (χ1n) is 8.65. The Balaban J connectivity index is 1.46. The van der Waals surface area contributed by atoms with E-state index in [9.17, 15) is 10.1 Å². The number of nitrogens with zero attached hydrogens (tertiary/aromatic N) is 5. The minimum Gasteiger partial charge on any atom is -0.419 e. The third-order valence-corrected chi connectivity index (χ3v) is 5.02. The Morgan fingerprint density at radius 2 is 1.48 bits per heavy atom. The molecule has 0 radical (unpaired) electrons. The smallest absolute Gasteiger partial charge is 0.277 e. The van der Waals surface area contributed by atoms with E-state index in [2.05, 4.69) is 20.4 Å². The average Bonchev–Trinajstić information content (AvgIpc) is 3.38. The predicted molar refractivity (Wildman–Crippen MR) is 105 cm³/mol. The topological polar surface area (TPSA) is 121 Å². The van der Waals surface area contributed by atoms with Crippen LogP contribution in [0.3, 0.4) is 0 Å². The monoisotopic (exact) mass is 409 g/mol. The van der Waals surface area contributed by atoms with Crippen molar-refractivity contribution in [3.63, 3.8) is 0 Å². The number of hydrogen-bond donors (Lipinski definition) is 0. The van der Waals surface area contributed by atoms with Crippen LogP contribution in [0.25, 0.3) is 22.9 Å². The van der Waals surface area contributed by atoms with E-state index in [-0.39, 0.29) is 16.8 Å². The zero-order valence-corrected chi connectivity index (χ0v) is 16.3.